The van der Waals surface area contributed by atoms with Crippen LogP contribution < -0.4 is 0 Å². The van der Waals surface area contributed by atoms with Gasteiger partial charge in [-0.1, -0.05) is 6.07 Å². The molecule has 4 nitrogen and oxygen atoms in total. The van der Waals surface area contributed by atoms with Crippen LogP contribution in [0.1, 0.15) is 41.6 Å². The Kier molecular flexibility index (Phi) is 5.87. The highest BCUT2D eigenvalue weighted by atomic mass is 19.4. The van der Waals surface area contributed by atoms with Crippen molar-refractivity contribution in [2.75, 3.05) is 33.2 Å². The summed E-state index contributed by atoms with van der Waals surface area (Å²) >= 11 is 0. The molecule has 26 heavy (non-hydrogen) atoms. The van der Waals surface area contributed by atoms with E-state index >= 15 is 0 Å². The number of nitrogens with zero attached hydrogens (tertiary/aromatic N) is 2. The van der Waals surface area contributed by atoms with Gasteiger partial charge in [0.1, 0.15) is 0 Å². The van der Waals surface area contributed by atoms with Gasteiger partial charge in [0.15, 0.2) is 0 Å². The number of carbonyl (C=O) groups excluding carboxylic acids is 1. The average molecular weight is 370 g/mol. The first-order valence-corrected chi connectivity index (χ1v) is 9.13. The molecule has 0 spiro atoms. The Morgan fingerprint density at radius 1 is 1.04 bits per heavy atom. The minimum atomic E-state index is -4.44. The fraction of sp³-hybridized carbons (Fsp3) is 0.632. The van der Waals surface area contributed by atoms with Crippen LogP contribution in [0.15, 0.2) is 24.3 Å². The molecule has 2 saturated heterocycles. The van der Waals surface area contributed by atoms with E-state index in [1.807, 2.05) is 0 Å². The van der Waals surface area contributed by atoms with E-state index in [2.05, 4.69) is 11.9 Å². The van der Waals surface area contributed by atoms with Crippen LogP contribution in [-0.4, -0.2) is 61.1 Å². The number of rotatable bonds is 3. The van der Waals surface area contributed by atoms with E-state index in [9.17, 15) is 18.0 Å². The summed E-state index contributed by atoms with van der Waals surface area (Å²) in [7, 11) is 2.11. The van der Waals surface area contributed by atoms with Crippen molar-refractivity contribution >= 4 is 5.91 Å². The van der Waals surface area contributed by atoms with Gasteiger partial charge in [-0.3, -0.25) is 4.79 Å². The smallest absolute Gasteiger partial charge is 0.375 e. The van der Waals surface area contributed by atoms with Gasteiger partial charge in [-0.05, 0) is 50.9 Å². The summed E-state index contributed by atoms with van der Waals surface area (Å²) in [5, 5.41) is 0. The lowest BCUT2D eigenvalue weighted by molar-refractivity contribution is -0.137. The van der Waals surface area contributed by atoms with Crippen molar-refractivity contribution in [1.29, 1.82) is 0 Å². The largest absolute Gasteiger partial charge is 0.416 e. The second kappa shape index (κ2) is 7.96. The molecule has 2 heterocycles. The molecule has 0 bridgehead atoms. The number of benzene rings is 1. The van der Waals surface area contributed by atoms with Gasteiger partial charge >= 0.3 is 6.18 Å². The van der Waals surface area contributed by atoms with Crippen molar-refractivity contribution in [3.05, 3.63) is 35.4 Å². The van der Waals surface area contributed by atoms with Crippen LogP contribution in [0.3, 0.4) is 0 Å². The Hall–Kier alpha value is -1.60. The topological polar surface area (TPSA) is 32.8 Å². The highest BCUT2D eigenvalue weighted by Gasteiger charge is 2.32. The lowest BCUT2D eigenvalue weighted by Crippen LogP contribution is -2.43. The molecule has 1 amide bonds. The quantitative estimate of drug-likeness (QED) is 0.817. The van der Waals surface area contributed by atoms with Gasteiger partial charge in [-0.15, -0.1) is 0 Å². The first kappa shape index (κ1) is 19.2. The third-order valence-corrected chi connectivity index (χ3v) is 5.22. The van der Waals surface area contributed by atoms with E-state index in [-0.39, 0.29) is 23.7 Å². The summed E-state index contributed by atoms with van der Waals surface area (Å²) in [6.45, 7) is 3.12. The van der Waals surface area contributed by atoms with Crippen molar-refractivity contribution in [3.8, 4) is 0 Å². The zero-order chi connectivity index (χ0) is 18.7. The summed E-state index contributed by atoms with van der Waals surface area (Å²) in [6.07, 6.45) is -0.505. The summed E-state index contributed by atoms with van der Waals surface area (Å²) in [5.41, 5.74) is -0.696. The van der Waals surface area contributed by atoms with Crippen LogP contribution in [0.5, 0.6) is 0 Å². The Labute approximate surface area is 151 Å². The monoisotopic (exact) mass is 370 g/mol. The third-order valence-electron chi connectivity index (χ3n) is 5.22. The molecular formula is C19H25F3N2O2. The second-order valence-electron chi connectivity index (χ2n) is 7.21. The predicted molar refractivity (Wildman–Crippen MR) is 92.0 cm³/mol. The minimum Gasteiger partial charge on any atom is -0.375 e. The maximum Gasteiger partial charge on any atom is 0.416 e. The molecule has 1 aromatic rings. The van der Waals surface area contributed by atoms with Gasteiger partial charge in [0.05, 0.1) is 17.8 Å². The Bertz CT molecular complexity index is 619. The number of ether oxygens (including phenoxy) is 1. The molecule has 0 atom stereocenters. The molecule has 2 fully saturated rings. The maximum absolute atomic E-state index is 12.8. The highest BCUT2D eigenvalue weighted by Crippen LogP contribution is 2.30. The number of piperidine rings is 2. The van der Waals surface area contributed by atoms with Crippen molar-refractivity contribution in [2.24, 2.45) is 0 Å². The third kappa shape index (κ3) is 4.76. The molecular weight excluding hydrogens is 345 g/mol. The molecule has 0 N–H and O–H groups in total. The van der Waals surface area contributed by atoms with Crippen molar-refractivity contribution in [3.63, 3.8) is 0 Å². The van der Waals surface area contributed by atoms with Gasteiger partial charge in [0.2, 0.25) is 0 Å². The fourth-order valence-electron chi connectivity index (χ4n) is 3.60. The van der Waals surface area contributed by atoms with Crippen LogP contribution in [0, 0.1) is 0 Å². The van der Waals surface area contributed by atoms with Gasteiger partial charge in [-0.25, -0.2) is 0 Å². The number of hydrogen-bond acceptors (Lipinski definition) is 3. The number of alkyl halides is 3. The number of likely N-dealkylation sites (tertiary alicyclic amines) is 2. The fourth-order valence-corrected chi connectivity index (χ4v) is 3.60. The minimum absolute atomic E-state index is 0.0921. The van der Waals surface area contributed by atoms with Crippen LogP contribution in [0.4, 0.5) is 13.2 Å². The molecule has 0 aromatic heterocycles. The summed E-state index contributed by atoms with van der Waals surface area (Å²) in [6, 6.07) is 4.65. The van der Waals surface area contributed by atoms with Gasteiger partial charge in [-0.2, -0.15) is 13.2 Å². The molecule has 0 unspecified atom stereocenters. The van der Waals surface area contributed by atoms with E-state index in [1.54, 1.807) is 4.90 Å². The first-order chi connectivity index (χ1) is 12.3. The molecule has 144 valence electrons. The first-order valence-electron chi connectivity index (χ1n) is 9.13. The molecule has 2 aliphatic heterocycles. The van der Waals surface area contributed by atoms with Crippen LogP contribution >= 0.6 is 0 Å². The Morgan fingerprint density at radius 3 is 2.19 bits per heavy atom. The average Bonchev–Trinajstić information content (AvgIpc) is 2.63. The number of halogens is 3. The standard InChI is InChI=1S/C19H25F3N2O2/c1-23-9-5-16(6-10-23)26-17-7-11-24(12-8-17)18(25)14-3-2-4-15(13-14)19(20,21)22/h2-4,13,16-17H,5-12H2,1H3. The molecule has 0 saturated carbocycles. The lowest BCUT2D eigenvalue weighted by atomic mass is 10.0. The summed E-state index contributed by atoms with van der Waals surface area (Å²) < 4.78 is 44.6. The van der Waals surface area contributed by atoms with Crippen LogP contribution in [-0.2, 0) is 10.9 Å². The normalized spacial score (nSPS) is 21.2. The molecule has 7 heteroatoms. The van der Waals surface area contributed by atoms with Crippen molar-refractivity contribution < 1.29 is 22.7 Å². The Morgan fingerprint density at radius 2 is 1.62 bits per heavy atom. The number of hydrogen-bond donors (Lipinski definition) is 0. The van der Waals surface area contributed by atoms with E-state index in [4.69, 9.17) is 4.74 Å². The summed E-state index contributed by atoms with van der Waals surface area (Å²) in [5.74, 6) is -0.339. The van der Waals surface area contributed by atoms with E-state index in [0.717, 1.165) is 50.9 Å². The SMILES string of the molecule is CN1CCC(OC2CCN(C(=O)c3cccc(C(F)(F)F)c3)CC2)CC1. The Balaban J connectivity index is 1.52. The second-order valence-corrected chi connectivity index (χ2v) is 7.21. The zero-order valence-corrected chi connectivity index (χ0v) is 15.0. The lowest BCUT2D eigenvalue weighted by Gasteiger charge is -2.36. The van der Waals surface area contributed by atoms with Gasteiger partial charge in [0.25, 0.3) is 5.91 Å². The van der Waals surface area contributed by atoms with E-state index in [0.29, 0.717) is 13.1 Å². The zero-order valence-electron chi connectivity index (χ0n) is 15.0. The van der Waals surface area contributed by atoms with Crippen molar-refractivity contribution in [1.82, 2.24) is 9.80 Å². The van der Waals surface area contributed by atoms with Crippen molar-refractivity contribution in [2.45, 2.75) is 44.1 Å². The predicted octanol–water partition coefficient (Wildman–Crippen LogP) is 3.42. The molecule has 0 aliphatic carbocycles. The molecule has 0 radical (unpaired) electrons. The van der Waals surface area contributed by atoms with Gasteiger partial charge in [0, 0.05) is 31.7 Å². The van der Waals surface area contributed by atoms with Gasteiger partial charge < -0.3 is 14.5 Å². The number of amides is 1. The molecule has 3 rings (SSSR count). The number of carbonyl (C=O) groups is 1. The molecule has 2 aliphatic rings. The van der Waals surface area contributed by atoms with Crippen LogP contribution in [0.25, 0.3) is 0 Å². The van der Waals surface area contributed by atoms with Crippen LogP contribution in [0.2, 0.25) is 0 Å². The highest BCUT2D eigenvalue weighted by molar-refractivity contribution is 5.94. The van der Waals surface area contributed by atoms with E-state index < -0.39 is 11.7 Å². The summed E-state index contributed by atoms with van der Waals surface area (Å²) in [4.78, 5) is 16.4. The maximum atomic E-state index is 12.8. The van der Waals surface area contributed by atoms with E-state index in [1.165, 1.54) is 12.1 Å². The molecule has 1 aromatic carbocycles.